The lowest BCUT2D eigenvalue weighted by Gasteiger charge is -2.04. The van der Waals surface area contributed by atoms with Crippen LogP contribution in [0.4, 0.5) is 5.82 Å². The second-order valence-corrected chi connectivity index (χ2v) is 4.50. The number of hydrogen-bond acceptors (Lipinski definition) is 4. The third-order valence-corrected chi connectivity index (χ3v) is 3.49. The first-order valence-electron chi connectivity index (χ1n) is 4.70. The normalized spacial score (nSPS) is 10.3. The molecule has 16 heavy (non-hydrogen) atoms. The molecule has 0 atom stereocenters. The van der Waals surface area contributed by atoms with Crippen LogP contribution < -0.4 is 5.73 Å². The predicted octanol–water partition coefficient (Wildman–Crippen LogP) is 3.00. The first-order chi connectivity index (χ1) is 7.77. The van der Waals surface area contributed by atoms with Gasteiger partial charge in [0.1, 0.15) is 10.8 Å². The van der Waals surface area contributed by atoms with E-state index in [4.69, 9.17) is 17.3 Å². The molecule has 3 nitrogen and oxygen atoms in total. The molecule has 0 bridgehead atoms. The summed E-state index contributed by atoms with van der Waals surface area (Å²) >= 11 is 7.55. The highest BCUT2D eigenvalue weighted by Gasteiger charge is 2.04. The summed E-state index contributed by atoms with van der Waals surface area (Å²) in [4.78, 5) is 8.22. The molecule has 0 unspecified atom stereocenters. The molecule has 5 heteroatoms. The highest BCUT2D eigenvalue weighted by Crippen LogP contribution is 2.28. The van der Waals surface area contributed by atoms with Crippen LogP contribution in [0.5, 0.6) is 0 Å². The number of pyridine rings is 2. The van der Waals surface area contributed by atoms with Crippen LogP contribution in [0.1, 0.15) is 5.56 Å². The third-order valence-electron chi connectivity index (χ3n) is 2.02. The van der Waals surface area contributed by atoms with E-state index in [1.54, 1.807) is 24.2 Å². The van der Waals surface area contributed by atoms with Gasteiger partial charge < -0.3 is 5.73 Å². The number of nitrogen functional groups attached to an aromatic ring is 1. The van der Waals surface area contributed by atoms with E-state index >= 15 is 0 Å². The minimum Gasteiger partial charge on any atom is -0.383 e. The van der Waals surface area contributed by atoms with Crippen molar-refractivity contribution in [3.63, 3.8) is 0 Å². The largest absolute Gasteiger partial charge is 0.383 e. The fourth-order valence-electron chi connectivity index (χ4n) is 1.20. The van der Waals surface area contributed by atoms with E-state index in [0.29, 0.717) is 10.8 Å². The van der Waals surface area contributed by atoms with E-state index in [9.17, 15) is 0 Å². The van der Waals surface area contributed by atoms with Crippen molar-refractivity contribution in [3.05, 3.63) is 47.2 Å². The van der Waals surface area contributed by atoms with Crippen molar-refractivity contribution in [1.29, 1.82) is 0 Å². The monoisotopic (exact) mass is 251 g/mol. The standard InChI is InChI=1S/C11H10ClN3S/c12-9-4-2-6-15-11(9)16-7-8-3-1-5-14-10(8)13/h1-6H,7H2,(H2,13,14). The molecule has 0 aliphatic carbocycles. The Bertz CT molecular complexity index is 445. The molecule has 0 saturated carbocycles. The minimum atomic E-state index is 0.557. The van der Waals surface area contributed by atoms with Crippen LogP contribution in [0.25, 0.3) is 0 Å². The number of aromatic nitrogens is 2. The molecule has 0 saturated heterocycles. The number of halogens is 1. The first-order valence-corrected chi connectivity index (χ1v) is 6.06. The van der Waals surface area contributed by atoms with Gasteiger partial charge in [-0.05, 0) is 18.2 Å². The quantitative estimate of drug-likeness (QED) is 0.852. The van der Waals surface area contributed by atoms with Crippen LogP contribution in [0.2, 0.25) is 5.02 Å². The molecule has 2 N–H and O–H groups in total. The van der Waals surface area contributed by atoms with Gasteiger partial charge in [-0.3, -0.25) is 0 Å². The molecule has 82 valence electrons. The lowest BCUT2D eigenvalue weighted by molar-refractivity contribution is 1.13. The molecule has 0 aliphatic heterocycles. The topological polar surface area (TPSA) is 51.8 Å². The molecule has 2 aromatic rings. The van der Waals surface area contributed by atoms with Gasteiger partial charge in [0.05, 0.1) is 5.02 Å². The SMILES string of the molecule is Nc1ncccc1CSc1ncccc1Cl. The number of hydrogen-bond donors (Lipinski definition) is 1. The molecule has 0 aliphatic rings. The average Bonchev–Trinajstić information content (AvgIpc) is 2.30. The zero-order valence-electron chi connectivity index (χ0n) is 8.43. The van der Waals surface area contributed by atoms with E-state index in [0.717, 1.165) is 16.3 Å². The van der Waals surface area contributed by atoms with E-state index in [1.807, 2.05) is 24.3 Å². The van der Waals surface area contributed by atoms with Gasteiger partial charge in [-0.1, -0.05) is 17.7 Å². The second kappa shape index (κ2) is 5.18. The highest BCUT2D eigenvalue weighted by molar-refractivity contribution is 7.98. The Balaban J connectivity index is 2.09. The summed E-state index contributed by atoms with van der Waals surface area (Å²) in [7, 11) is 0. The van der Waals surface area contributed by atoms with Gasteiger partial charge in [-0.2, -0.15) is 0 Å². The maximum atomic E-state index is 6.00. The molecule has 2 aromatic heterocycles. The van der Waals surface area contributed by atoms with Crippen LogP contribution in [0.3, 0.4) is 0 Å². The summed E-state index contributed by atoms with van der Waals surface area (Å²) in [6.45, 7) is 0. The molecule has 0 radical (unpaired) electrons. The van der Waals surface area contributed by atoms with Crippen molar-refractivity contribution in [3.8, 4) is 0 Å². The summed E-state index contributed by atoms with van der Waals surface area (Å²) in [5, 5.41) is 1.47. The van der Waals surface area contributed by atoms with Crippen molar-refractivity contribution >= 4 is 29.2 Å². The number of thioether (sulfide) groups is 1. The van der Waals surface area contributed by atoms with Crippen molar-refractivity contribution in [2.45, 2.75) is 10.8 Å². The van der Waals surface area contributed by atoms with Crippen molar-refractivity contribution < 1.29 is 0 Å². The van der Waals surface area contributed by atoms with Gasteiger partial charge in [-0.25, -0.2) is 9.97 Å². The lowest BCUT2D eigenvalue weighted by atomic mass is 10.3. The molecular weight excluding hydrogens is 242 g/mol. The maximum Gasteiger partial charge on any atom is 0.127 e. The smallest absolute Gasteiger partial charge is 0.127 e. The fraction of sp³-hybridized carbons (Fsp3) is 0.0909. The Kier molecular flexibility index (Phi) is 3.64. The molecule has 0 spiro atoms. The third kappa shape index (κ3) is 2.65. The maximum absolute atomic E-state index is 6.00. The van der Waals surface area contributed by atoms with E-state index in [1.165, 1.54) is 0 Å². The van der Waals surface area contributed by atoms with E-state index in [2.05, 4.69) is 9.97 Å². The van der Waals surface area contributed by atoms with Crippen LogP contribution in [-0.4, -0.2) is 9.97 Å². The minimum absolute atomic E-state index is 0.557. The van der Waals surface area contributed by atoms with Gasteiger partial charge in [0.15, 0.2) is 0 Å². The summed E-state index contributed by atoms with van der Waals surface area (Å²) < 4.78 is 0. The fourth-order valence-corrected chi connectivity index (χ4v) is 2.36. The lowest BCUT2D eigenvalue weighted by Crippen LogP contribution is -1.95. The summed E-state index contributed by atoms with van der Waals surface area (Å²) in [6.07, 6.45) is 3.40. The predicted molar refractivity (Wildman–Crippen MR) is 67.5 cm³/mol. The molecule has 2 rings (SSSR count). The van der Waals surface area contributed by atoms with Crippen molar-refractivity contribution in [2.24, 2.45) is 0 Å². The molecule has 0 fully saturated rings. The zero-order chi connectivity index (χ0) is 11.4. The number of nitrogens with zero attached hydrogens (tertiary/aromatic N) is 2. The average molecular weight is 252 g/mol. The Morgan fingerprint density at radius 1 is 1.19 bits per heavy atom. The number of anilines is 1. The van der Waals surface area contributed by atoms with Gasteiger partial charge >= 0.3 is 0 Å². The summed E-state index contributed by atoms with van der Waals surface area (Å²) in [6, 6.07) is 7.45. The Hall–Kier alpha value is -1.26. The van der Waals surface area contributed by atoms with Crippen LogP contribution in [0, 0.1) is 0 Å². The van der Waals surface area contributed by atoms with Gasteiger partial charge in [-0.15, -0.1) is 11.8 Å². The molecule has 0 amide bonds. The number of rotatable bonds is 3. The van der Waals surface area contributed by atoms with Gasteiger partial charge in [0, 0.05) is 23.7 Å². The van der Waals surface area contributed by atoms with Crippen LogP contribution >= 0.6 is 23.4 Å². The van der Waals surface area contributed by atoms with Crippen molar-refractivity contribution in [2.75, 3.05) is 5.73 Å². The summed E-state index contributed by atoms with van der Waals surface area (Å²) in [5.74, 6) is 1.28. The molecular formula is C11H10ClN3S. The molecule has 0 aromatic carbocycles. The summed E-state index contributed by atoms with van der Waals surface area (Å²) in [5.41, 5.74) is 6.74. The highest BCUT2D eigenvalue weighted by atomic mass is 35.5. The van der Waals surface area contributed by atoms with Crippen LogP contribution in [0.15, 0.2) is 41.7 Å². The van der Waals surface area contributed by atoms with Crippen molar-refractivity contribution in [1.82, 2.24) is 9.97 Å². The number of nitrogens with two attached hydrogens (primary N) is 1. The van der Waals surface area contributed by atoms with E-state index in [-0.39, 0.29) is 0 Å². The van der Waals surface area contributed by atoms with Crippen LogP contribution in [-0.2, 0) is 5.75 Å². The zero-order valence-corrected chi connectivity index (χ0v) is 10.0. The van der Waals surface area contributed by atoms with Gasteiger partial charge in [0.2, 0.25) is 0 Å². The Morgan fingerprint density at radius 2 is 1.94 bits per heavy atom. The first kappa shape index (κ1) is 11.2. The van der Waals surface area contributed by atoms with E-state index < -0.39 is 0 Å². The Morgan fingerprint density at radius 3 is 2.69 bits per heavy atom. The molecule has 2 heterocycles. The van der Waals surface area contributed by atoms with Gasteiger partial charge in [0.25, 0.3) is 0 Å². The second-order valence-electron chi connectivity index (χ2n) is 3.13. The Labute approximate surface area is 103 Å².